The van der Waals surface area contributed by atoms with E-state index in [2.05, 4.69) is 53.4 Å². The van der Waals surface area contributed by atoms with Gasteiger partial charge in [-0.15, -0.1) is 0 Å². The summed E-state index contributed by atoms with van der Waals surface area (Å²) in [6.45, 7) is 1.90. The lowest BCUT2D eigenvalue weighted by Gasteiger charge is -2.36. The summed E-state index contributed by atoms with van der Waals surface area (Å²) in [5.41, 5.74) is 9.81. The van der Waals surface area contributed by atoms with E-state index in [4.69, 9.17) is 0 Å². The highest BCUT2D eigenvalue weighted by atomic mass is 16.3. The Bertz CT molecular complexity index is 1210. The normalized spacial score (nSPS) is 22.3. The molecule has 0 radical (unpaired) electrons. The van der Waals surface area contributed by atoms with Gasteiger partial charge in [-0.05, 0) is 115 Å². The number of nitrogens with zero attached hydrogens (tertiary/aromatic N) is 1. The van der Waals surface area contributed by atoms with Gasteiger partial charge in [-0.1, -0.05) is 36.4 Å². The smallest absolute Gasteiger partial charge is 0.123 e. The molecule has 2 aliphatic carbocycles. The number of phenols is 1. The first-order valence-corrected chi connectivity index (χ1v) is 13.4. The molecule has 3 aliphatic rings. The third-order valence-electron chi connectivity index (χ3n) is 8.74. The number of anilines is 1. The monoisotopic (exact) mass is 465 g/mol. The van der Waals surface area contributed by atoms with Crippen LogP contribution in [-0.4, -0.2) is 24.5 Å². The Morgan fingerprint density at radius 2 is 1.49 bits per heavy atom. The van der Waals surface area contributed by atoms with Crippen LogP contribution in [0.25, 0.3) is 0 Å². The molecule has 0 bridgehead atoms. The van der Waals surface area contributed by atoms with Crippen molar-refractivity contribution >= 4 is 12.0 Å². The van der Waals surface area contributed by atoms with Gasteiger partial charge in [0.05, 0.1) is 0 Å². The molecule has 2 atom stereocenters. The Labute approximate surface area is 208 Å². The fraction of sp³-hybridized carbons (Fsp3) is 0.406. The van der Waals surface area contributed by atoms with Gasteiger partial charge in [0.25, 0.3) is 0 Å². The van der Waals surface area contributed by atoms with E-state index >= 15 is 0 Å². The van der Waals surface area contributed by atoms with Crippen LogP contribution < -0.4 is 4.90 Å². The average Bonchev–Trinajstić information content (AvgIpc) is 2.92. The van der Waals surface area contributed by atoms with Crippen LogP contribution in [0.3, 0.4) is 0 Å². The fourth-order valence-corrected chi connectivity index (χ4v) is 6.75. The van der Waals surface area contributed by atoms with Crippen molar-refractivity contribution in [1.82, 2.24) is 0 Å². The van der Waals surface area contributed by atoms with Crippen LogP contribution >= 0.6 is 0 Å². The standard InChI is InChI=1S/C32H35NO2/c34-21-22-15-17-33(18-16-22)28-10-7-24(8-11-28)32-30(13-9-27-20-29(35)12-14-31(27)32)26-6-5-23-3-1-2-4-25(23)19-26/h5-8,10-12,14,19-22,30,32,35H,1-4,9,13,15-18H2/t30-,32+/m0/s1. The van der Waals surface area contributed by atoms with Gasteiger partial charge >= 0.3 is 0 Å². The van der Waals surface area contributed by atoms with Gasteiger partial charge in [0, 0.05) is 30.6 Å². The van der Waals surface area contributed by atoms with Crippen LogP contribution in [0, 0.1) is 5.92 Å². The number of carbonyl (C=O) groups excluding carboxylic acids is 1. The number of benzene rings is 3. The number of piperidine rings is 1. The third kappa shape index (κ3) is 4.37. The SMILES string of the molecule is O=CC1CCN(c2ccc([C@H]3c4ccc(O)cc4CC[C@H]3c3ccc4c(c3)CCCC4)cc2)CC1. The molecule has 3 aromatic rings. The van der Waals surface area contributed by atoms with Crippen molar-refractivity contribution in [1.29, 1.82) is 0 Å². The minimum absolute atomic E-state index is 0.220. The molecule has 0 spiro atoms. The average molecular weight is 466 g/mol. The van der Waals surface area contributed by atoms with E-state index in [9.17, 15) is 9.90 Å². The zero-order chi connectivity index (χ0) is 23.8. The molecular formula is C32H35NO2. The Balaban J connectivity index is 1.34. The highest BCUT2D eigenvalue weighted by molar-refractivity contribution is 5.56. The molecule has 3 nitrogen and oxygen atoms in total. The molecule has 1 aliphatic heterocycles. The maximum atomic E-state index is 11.1. The molecule has 35 heavy (non-hydrogen) atoms. The van der Waals surface area contributed by atoms with Crippen molar-refractivity contribution in [2.24, 2.45) is 5.92 Å². The van der Waals surface area contributed by atoms with Gasteiger partial charge in [0.2, 0.25) is 0 Å². The van der Waals surface area contributed by atoms with Gasteiger partial charge in [-0.3, -0.25) is 0 Å². The Kier molecular flexibility index (Phi) is 6.10. The van der Waals surface area contributed by atoms with E-state index in [0.29, 0.717) is 11.7 Å². The third-order valence-corrected chi connectivity index (χ3v) is 8.74. The van der Waals surface area contributed by atoms with Gasteiger partial charge in [0.1, 0.15) is 12.0 Å². The number of hydrogen-bond acceptors (Lipinski definition) is 3. The summed E-state index contributed by atoms with van der Waals surface area (Å²) in [5.74, 6) is 1.31. The molecule has 1 heterocycles. The first-order chi connectivity index (χ1) is 17.2. The number of hydrogen-bond donors (Lipinski definition) is 1. The van der Waals surface area contributed by atoms with Crippen LogP contribution in [0.1, 0.15) is 77.3 Å². The maximum absolute atomic E-state index is 11.1. The van der Waals surface area contributed by atoms with E-state index in [1.54, 1.807) is 11.1 Å². The predicted molar refractivity (Wildman–Crippen MR) is 142 cm³/mol. The first-order valence-electron chi connectivity index (χ1n) is 13.4. The highest BCUT2D eigenvalue weighted by Gasteiger charge is 2.33. The van der Waals surface area contributed by atoms with Crippen molar-refractivity contribution in [3.63, 3.8) is 0 Å². The molecule has 1 N–H and O–H groups in total. The molecule has 180 valence electrons. The number of carbonyl (C=O) groups is 1. The second-order valence-electron chi connectivity index (χ2n) is 10.8. The molecule has 0 saturated carbocycles. The van der Waals surface area contributed by atoms with Crippen molar-refractivity contribution in [2.75, 3.05) is 18.0 Å². The van der Waals surface area contributed by atoms with Crippen LogP contribution in [-0.2, 0) is 24.1 Å². The first kappa shape index (κ1) is 22.4. The molecule has 3 aromatic carbocycles. The van der Waals surface area contributed by atoms with Crippen LogP contribution in [0.2, 0.25) is 0 Å². The summed E-state index contributed by atoms with van der Waals surface area (Å²) >= 11 is 0. The van der Waals surface area contributed by atoms with E-state index < -0.39 is 0 Å². The van der Waals surface area contributed by atoms with Crippen molar-refractivity contribution in [2.45, 2.75) is 63.2 Å². The number of fused-ring (bicyclic) bond motifs is 2. The van der Waals surface area contributed by atoms with Crippen molar-refractivity contribution in [3.8, 4) is 5.75 Å². The van der Waals surface area contributed by atoms with E-state index in [1.165, 1.54) is 53.6 Å². The second kappa shape index (κ2) is 9.53. The highest BCUT2D eigenvalue weighted by Crippen LogP contribution is 2.47. The maximum Gasteiger partial charge on any atom is 0.123 e. The number of phenolic OH excluding ortho intramolecular Hbond substituents is 1. The van der Waals surface area contributed by atoms with E-state index in [1.807, 2.05) is 12.1 Å². The zero-order valence-electron chi connectivity index (χ0n) is 20.5. The fourth-order valence-electron chi connectivity index (χ4n) is 6.75. The largest absolute Gasteiger partial charge is 0.508 e. The molecule has 0 amide bonds. The summed E-state index contributed by atoms with van der Waals surface area (Å²) < 4.78 is 0. The summed E-state index contributed by atoms with van der Waals surface area (Å²) in [7, 11) is 0. The lowest BCUT2D eigenvalue weighted by molar-refractivity contribution is -0.111. The quantitative estimate of drug-likeness (QED) is 0.444. The summed E-state index contributed by atoms with van der Waals surface area (Å²) in [4.78, 5) is 13.6. The van der Waals surface area contributed by atoms with E-state index in [-0.39, 0.29) is 11.8 Å². The lowest BCUT2D eigenvalue weighted by atomic mass is 9.68. The number of aryl methyl sites for hydroxylation is 3. The second-order valence-corrected chi connectivity index (χ2v) is 10.8. The molecule has 3 heteroatoms. The molecule has 0 unspecified atom stereocenters. The molecule has 6 rings (SSSR count). The van der Waals surface area contributed by atoms with E-state index in [0.717, 1.165) is 45.1 Å². The predicted octanol–water partition coefficient (Wildman–Crippen LogP) is 6.55. The molecule has 1 fully saturated rings. The van der Waals surface area contributed by atoms with Gasteiger partial charge in [0.15, 0.2) is 0 Å². The molecular weight excluding hydrogens is 430 g/mol. The number of rotatable bonds is 4. The topological polar surface area (TPSA) is 40.5 Å². The Morgan fingerprint density at radius 3 is 2.26 bits per heavy atom. The van der Waals surface area contributed by atoms with Crippen LogP contribution in [0.4, 0.5) is 5.69 Å². The molecule has 0 aromatic heterocycles. The van der Waals surface area contributed by atoms with Crippen LogP contribution in [0.5, 0.6) is 5.75 Å². The summed E-state index contributed by atoms with van der Waals surface area (Å²) in [6, 6.07) is 22.4. The lowest BCUT2D eigenvalue weighted by Crippen LogP contribution is -2.34. The Morgan fingerprint density at radius 1 is 0.743 bits per heavy atom. The van der Waals surface area contributed by atoms with Gasteiger partial charge < -0.3 is 14.8 Å². The minimum atomic E-state index is 0.220. The van der Waals surface area contributed by atoms with Gasteiger partial charge in [-0.2, -0.15) is 0 Å². The summed E-state index contributed by atoms with van der Waals surface area (Å²) in [5, 5.41) is 10.2. The number of aromatic hydroxyl groups is 1. The van der Waals surface area contributed by atoms with Crippen LogP contribution in [0.15, 0.2) is 60.7 Å². The Hall–Kier alpha value is -3.07. The van der Waals surface area contributed by atoms with Crippen molar-refractivity contribution < 1.29 is 9.90 Å². The zero-order valence-corrected chi connectivity index (χ0v) is 20.5. The van der Waals surface area contributed by atoms with Crippen molar-refractivity contribution in [3.05, 3.63) is 94.0 Å². The summed E-state index contributed by atoms with van der Waals surface area (Å²) in [6.07, 6.45) is 10.2. The number of aldehydes is 1. The minimum Gasteiger partial charge on any atom is -0.508 e. The van der Waals surface area contributed by atoms with Gasteiger partial charge in [-0.25, -0.2) is 0 Å². The molecule has 1 saturated heterocycles.